The summed E-state index contributed by atoms with van der Waals surface area (Å²) in [7, 11) is 2.22. The summed E-state index contributed by atoms with van der Waals surface area (Å²) in [5.41, 5.74) is 3.44. The lowest BCUT2D eigenvalue weighted by Crippen LogP contribution is -3.07. The van der Waals surface area contributed by atoms with Gasteiger partial charge in [-0.25, -0.2) is 9.97 Å². The van der Waals surface area contributed by atoms with Crippen LogP contribution in [-0.2, 0) is 6.54 Å². The Morgan fingerprint density at radius 1 is 1.00 bits per heavy atom. The first-order valence-electron chi connectivity index (χ1n) is 8.38. The van der Waals surface area contributed by atoms with Crippen LogP contribution in [0.25, 0.3) is 20.8 Å². The molecule has 126 valence electrons. The average Bonchev–Trinajstić information content (AvgIpc) is 3.28. The molecular weight excluding hydrogens is 346 g/mol. The fourth-order valence-corrected chi connectivity index (χ4v) is 4.76. The van der Waals surface area contributed by atoms with Crippen molar-refractivity contribution >= 4 is 32.9 Å². The molecule has 0 radical (unpaired) electrons. The maximum atomic E-state index is 4.82. The van der Waals surface area contributed by atoms with Gasteiger partial charge in [0.15, 0.2) is 5.01 Å². The van der Waals surface area contributed by atoms with Crippen LogP contribution in [0.4, 0.5) is 0 Å². The van der Waals surface area contributed by atoms with Crippen LogP contribution in [0.3, 0.4) is 0 Å². The number of rotatable bonds is 5. The first-order chi connectivity index (χ1) is 12.2. The van der Waals surface area contributed by atoms with Gasteiger partial charge in [-0.15, -0.1) is 22.7 Å². The third-order valence-corrected chi connectivity index (χ3v) is 6.61. The summed E-state index contributed by atoms with van der Waals surface area (Å²) in [5.74, 6) is 0. The van der Waals surface area contributed by atoms with E-state index in [0.29, 0.717) is 6.04 Å². The highest BCUT2D eigenvalue weighted by atomic mass is 32.1. The van der Waals surface area contributed by atoms with Crippen molar-refractivity contribution in [1.82, 2.24) is 9.97 Å². The molecule has 0 amide bonds. The molecular formula is C20H20N3S2+. The molecule has 1 N–H and O–H groups in total. The van der Waals surface area contributed by atoms with Crippen molar-refractivity contribution in [3.63, 3.8) is 0 Å². The number of hydrogen-bond acceptors (Lipinski definition) is 4. The molecule has 2 heterocycles. The highest BCUT2D eigenvalue weighted by Crippen LogP contribution is 2.25. The number of thiazole rings is 2. The Kier molecular flexibility index (Phi) is 4.61. The van der Waals surface area contributed by atoms with E-state index in [1.807, 2.05) is 12.1 Å². The fourth-order valence-electron chi connectivity index (χ4n) is 2.83. The molecule has 4 aromatic rings. The summed E-state index contributed by atoms with van der Waals surface area (Å²) in [6.45, 7) is 3.15. The Labute approximate surface area is 155 Å². The van der Waals surface area contributed by atoms with E-state index in [1.54, 1.807) is 22.7 Å². The second-order valence-electron chi connectivity index (χ2n) is 6.27. The molecule has 0 spiro atoms. The number of quaternary nitrogens is 1. The molecule has 4 rings (SSSR count). The molecule has 2 atom stereocenters. The average molecular weight is 367 g/mol. The minimum absolute atomic E-state index is 0.347. The van der Waals surface area contributed by atoms with Crippen LogP contribution in [0.2, 0.25) is 0 Å². The van der Waals surface area contributed by atoms with Gasteiger partial charge < -0.3 is 4.90 Å². The number of aromatic nitrogens is 2. The van der Waals surface area contributed by atoms with Gasteiger partial charge in [-0.1, -0.05) is 42.5 Å². The fraction of sp³-hybridized carbons (Fsp3) is 0.200. The molecule has 0 saturated heterocycles. The topological polar surface area (TPSA) is 30.2 Å². The van der Waals surface area contributed by atoms with Gasteiger partial charge in [0.25, 0.3) is 0 Å². The molecule has 5 heteroatoms. The summed E-state index contributed by atoms with van der Waals surface area (Å²) in [6.07, 6.45) is 0. The van der Waals surface area contributed by atoms with Crippen LogP contribution in [0.1, 0.15) is 23.7 Å². The molecule has 3 nitrogen and oxygen atoms in total. The Hall–Kier alpha value is -2.08. The van der Waals surface area contributed by atoms with E-state index in [1.165, 1.54) is 20.2 Å². The Morgan fingerprint density at radius 3 is 2.56 bits per heavy atom. The van der Waals surface area contributed by atoms with Gasteiger partial charge in [0.05, 0.1) is 17.3 Å². The lowest BCUT2D eigenvalue weighted by Gasteiger charge is -2.18. The summed E-state index contributed by atoms with van der Waals surface area (Å²) in [4.78, 5) is 11.0. The van der Waals surface area contributed by atoms with Crippen molar-refractivity contribution in [2.24, 2.45) is 0 Å². The van der Waals surface area contributed by atoms with Gasteiger partial charge in [0.2, 0.25) is 0 Å². The third-order valence-electron chi connectivity index (χ3n) is 4.45. The second-order valence-corrected chi connectivity index (χ2v) is 8.19. The summed E-state index contributed by atoms with van der Waals surface area (Å²) >= 11 is 3.52. The van der Waals surface area contributed by atoms with Crippen molar-refractivity contribution < 1.29 is 4.90 Å². The van der Waals surface area contributed by atoms with Crippen molar-refractivity contribution in [3.05, 3.63) is 70.7 Å². The van der Waals surface area contributed by atoms with Crippen LogP contribution in [0.5, 0.6) is 0 Å². The minimum atomic E-state index is 0.347. The first kappa shape index (κ1) is 16.4. The third kappa shape index (κ3) is 3.49. The van der Waals surface area contributed by atoms with E-state index in [0.717, 1.165) is 22.8 Å². The van der Waals surface area contributed by atoms with Gasteiger partial charge in [0, 0.05) is 10.9 Å². The van der Waals surface area contributed by atoms with Gasteiger partial charge in [-0.3, -0.25) is 0 Å². The van der Waals surface area contributed by atoms with E-state index >= 15 is 0 Å². The molecule has 2 aromatic carbocycles. The molecule has 0 bridgehead atoms. The van der Waals surface area contributed by atoms with Crippen LogP contribution in [-0.4, -0.2) is 17.0 Å². The SMILES string of the molecule is C[C@H](c1nc2ccccc2s1)[NH+](C)Cc1csc(-c2ccccc2)n1. The van der Waals surface area contributed by atoms with Crippen molar-refractivity contribution in [2.45, 2.75) is 19.5 Å². The van der Waals surface area contributed by atoms with E-state index in [2.05, 4.69) is 61.8 Å². The highest BCUT2D eigenvalue weighted by Gasteiger charge is 2.21. The number of benzene rings is 2. The minimum Gasteiger partial charge on any atom is -0.324 e. The second kappa shape index (κ2) is 7.04. The van der Waals surface area contributed by atoms with Gasteiger partial charge in [-0.05, 0) is 19.1 Å². The largest absolute Gasteiger partial charge is 0.324 e. The maximum absolute atomic E-state index is 4.82. The Bertz CT molecular complexity index is 942. The molecule has 0 aliphatic rings. The molecule has 1 unspecified atom stereocenters. The van der Waals surface area contributed by atoms with Crippen LogP contribution in [0, 0.1) is 0 Å². The smallest absolute Gasteiger partial charge is 0.151 e. The van der Waals surface area contributed by atoms with Gasteiger partial charge in [0.1, 0.15) is 23.3 Å². The van der Waals surface area contributed by atoms with E-state index in [-0.39, 0.29) is 0 Å². The molecule has 0 saturated carbocycles. The lowest BCUT2D eigenvalue weighted by molar-refractivity contribution is -0.924. The van der Waals surface area contributed by atoms with E-state index in [4.69, 9.17) is 9.97 Å². The van der Waals surface area contributed by atoms with Crippen molar-refractivity contribution in [1.29, 1.82) is 0 Å². The summed E-state index contributed by atoms with van der Waals surface area (Å²) < 4.78 is 1.26. The van der Waals surface area contributed by atoms with Gasteiger partial charge >= 0.3 is 0 Å². The highest BCUT2D eigenvalue weighted by molar-refractivity contribution is 7.18. The zero-order chi connectivity index (χ0) is 17.2. The molecule has 0 aliphatic carbocycles. The number of hydrogen-bond donors (Lipinski definition) is 1. The molecule has 0 aliphatic heterocycles. The zero-order valence-electron chi connectivity index (χ0n) is 14.3. The standard InChI is InChI=1S/C20H19N3S2/c1-14(19-22-17-10-6-7-11-18(17)25-19)23(2)12-16-13-24-20(21-16)15-8-4-3-5-9-15/h3-11,13-14H,12H2,1-2H3/p+1/t14-/m1/s1. The van der Waals surface area contributed by atoms with Crippen molar-refractivity contribution in [2.75, 3.05) is 7.05 Å². The Morgan fingerprint density at radius 2 is 1.76 bits per heavy atom. The predicted octanol–water partition coefficient (Wildman–Crippen LogP) is 4.20. The van der Waals surface area contributed by atoms with Crippen LogP contribution < -0.4 is 4.90 Å². The number of fused-ring (bicyclic) bond motifs is 1. The molecule has 25 heavy (non-hydrogen) atoms. The number of nitrogens with zero attached hydrogens (tertiary/aromatic N) is 2. The van der Waals surface area contributed by atoms with E-state index < -0.39 is 0 Å². The molecule has 0 fully saturated rings. The zero-order valence-corrected chi connectivity index (χ0v) is 15.9. The van der Waals surface area contributed by atoms with Crippen LogP contribution in [0.15, 0.2) is 60.0 Å². The summed E-state index contributed by atoms with van der Waals surface area (Å²) in [5, 5.41) is 4.46. The molecule has 2 aromatic heterocycles. The number of nitrogens with one attached hydrogen (secondary N) is 1. The quantitative estimate of drug-likeness (QED) is 0.574. The number of para-hydroxylation sites is 1. The predicted molar refractivity (Wildman–Crippen MR) is 106 cm³/mol. The van der Waals surface area contributed by atoms with E-state index in [9.17, 15) is 0 Å². The van der Waals surface area contributed by atoms with Crippen molar-refractivity contribution in [3.8, 4) is 10.6 Å². The lowest BCUT2D eigenvalue weighted by atomic mass is 10.2. The normalized spacial score (nSPS) is 13.8. The first-order valence-corrected chi connectivity index (χ1v) is 10.1. The summed E-state index contributed by atoms with van der Waals surface area (Å²) in [6, 6.07) is 19.1. The Balaban J connectivity index is 1.49. The van der Waals surface area contributed by atoms with Crippen LogP contribution >= 0.6 is 22.7 Å². The monoisotopic (exact) mass is 366 g/mol. The maximum Gasteiger partial charge on any atom is 0.151 e. The van der Waals surface area contributed by atoms with Gasteiger partial charge in [-0.2, -0.15) is 0 Å².